The summed E-state index contributed by atoms with van der Waals surface area (Å²) in [6.07, 6.45) is 1.05. The smallest absolute Gasteiger partial charge is 0.253 e. The lowest BCUT2D eigenvalue weighted by atomic mass is 10.0. The van der Waals surface area contributed by atoms with Crippen LogP contribution in [0.1, 0.15) is 28.8 Å². The molecule has 0 saturated carbocycles. The zero-order valence-corrected chi connectivity index (χ0v) is 24.9. The Morgan fingerprint density at radius 2 is 1.57 bits per heavy atom. The summed E-state index contributed by atoms with van der Waals surface area (Å²) in [5.41, 5.74) is 1.36. The average molecular weight is 608 g/mol. The molecule has 1 atom stereocenters. The molecular formula is C32H41N5O7. The fraction of sp³-hybridized carbons (Fsp3) is 0.500. The number of rotatable bonds is 4. The summed E-state index contributed by atoms with van der Waals surface area (Å²) >= 11 is 0. The zero-order chi connectivity index (χ0) is 30.9. The molecule has 4 amide bonds. The first-order valence-corrected chi connectivity index (χ1v) is 15.3. The van der Waals surface area contributed by atoms with Crippen molar-refractivity contribution < 1.29 is 33.8 Å². The van der Waals surface area contributed by atoms with Gasteiger partial charge in [0.25, 0.3) is 5.91 Å². The van der Waals surface area contributed by atoms with Crippen LogP contribution in [-0.2, 0) is 30.4 Å². The number of carbonyl (C=O) groups is 4. The molecule has 3 saturated heterocycles. The van der Waals surface area contributed by atoms with Gasteiger partial charge in [-0.15, -0.1) is 0 Å². The number of aromatic hydroxyl groups is 1. The second-order valence-corrected chi connectivity index (χ2v) is 11.3. The van der Waals surface area contributed by atoms with Crippen LogP contribution in [0.2, 0.25) is 0 Å². The molecule has 0 spiro atoms. The van der Waals surface area contributed by atoms with E-state index in [0.29, 0.717) is 51.1 Å². The minimum Gasteiger partial charge on any atom is -0.508 e. The van der Waals surface area contributed by atoms with Gasteiger partial charge in [0, 0.05) is 63.0 Å². The molecule has 0 aromatic heterocycles. The Morgan fingerprint density at radius 3 is 2.34 bits per heavy atom. The average Bonchev–Trinajstić information content (AvgIpc) is 3.05. The summed E-state index contributed by atoms with van der Waals surface area (Å²) in [7, 11) is 0. The SMILES string of the molecule is O=C1NCCOCCOCC(=O)N(C2CCN(C(=O)c3ccccc3)CC2)CC(=O)N2CCN(Cc3ccccc3O)C[C@@H]12. The summed E-state index contributed by atoms with van der Waals surface area (Å²) in [4.78, 5) is 60.6. The van der Waals surface area contributed by atoms with Crippen LogP contribution in [0.15, 0.2) is 54.6 Å². The van der Waals surface area contributed by atoms with Gasteiger partial charge in [-0.1, -0.05) is 36.4 Å². The van der Waals surface area contributed by atoms with E-state index in [0.717, 1.165) is 5.56 Å². The quantitative estimate of drug-likeness (QED) is 0.520. The number of nitrogens with one attached hydrogen (secondary N) is 1. The Morgan fingerprint density at radius 1 is 0.841 bits per heavy atom. The van der Waals surface area contributed by atoms with Crippen LogP contribution in [0.3, 0.4) is 0 Å². The van der Waals surface area contributed by atoms with Crippen LogP contribution in [0.25, 0.3) is 0 Å². The Bertz CT molecular complexity index is 1300. The highest BCUT2D eigenvalue weighted by Crippen LogP contribution is 2.23. The van der Waals surface area contributed by atoms with Crippen LogP contribution in [0.5, 0.6) is 5.75 Å². The minimum atomic E-state index is -0.772. The molecule has 44 heavy (non-hydrogen) atoms. The molecule has 0 bridgehead atoms. The molecule has 2 N–H and O–H groups in total. The first-order chi connectivity index (χ1) is 21.4. The number of ether oxygens (including phenoxy) is 2. The number of hydrogen-bond donors (Lipinski definition) is 2. The van der Waals surface area contributed by atoms with Crippen molar-refractivity contribution in [3.8, 4) is 5.75 Å². The molecule has 12 heteroatoms. The van der Waals surface area contributed by atoms with Gasteiger partial charge < -0.3 is 34.6 Å². The van der Waals surface area contributed by atoms with Crippen molar-refractivity contribution in [2.75, 3.05) is 72.2 Å². The van der Waals surface area contributed by atoms with Gasteiger partial charge in [-0.2, -0.15) is 0 Å². The van der Waals surface area contributed by atoms with E-state index in [-0.39, 0.29) is 81.5 Å². The number of nitrogens with zero attached hydrogens (tertiary/aromatic N) is 4. The normalized spacial score (nSPS) is 22.1. The number of piperidine rings is 1. The summed E-state index contributed by atoms with van der Waals surface area (Å²) in [5.74, 6) is -0.777. The molecule has 2 aromatic carbocycles. The number of fused-ring (bicyclic) bond motifs is 1. The van der Waals surface area contributed by atoms with Gasteiger partial charge in [0.15, 0.2) is 0 Å². The Hall–Kier alpha value is -4.00. The van der Waals surface area contributed by atoms with E-state index in [2.05, 4.69) is 5.32 Å². The van der Waals surface area contributed by atoms with E-state index in [1.807, 2.05) is 35.2 Å². The molecule has 0 unspecified atom stereocenters. The van der Waals surface area contributed by atoms with Gasteiger partial charge in [0.2, 0.25) is 17.7 Å². The number of piperazine rings is 1. The van der Waals surface area contributed by atoms with Crippen LogP contribution in [0, 0.1) is 0 Å². The maximum absolute atomic E-state index is 13.9. The van der Waals surface area contributed by atoms with E-state index in [1.54, 1.807) is 39.0 Å². The van der Waals surface area contributed by atoms with E-state index >= 15 is 0 Å². The number of amides is 4. The predicted octanol–water partition coefficient (Wildman–Crippen LogP) is 0.701. The highest BCUT2D eigenvalue weighted by atomic mass is 16.5. The first kappa shape index (κ1) is 31.4. The number of para-hydroxylation sites is 1. The molecule has 3 aliphatic rings. The summed E-state index contributed by atoms with van der Waals surface area (Å²) in [5, 5.41) is 13.2. The van der Waals surface area contributed by atoms with Crippen molar-refractivity contribution in [2.24, 2.45) is 0 Å². The van der Waals surface area contributed by atoms with Crippen molar-refractivity contribution in [2.45, 2.75) is 31.5 Å². The van der Waals surface area contributed by atoms with Gasteiger partial charge in [0.1, 0.15) is 24.9 Å². The van der Waals surface area contributed by atoms with Gasteiger partial charge >= 0.3 is 0 Å². The lowest BCUT2D eigenvalue weighted by Gasteiger charge is -2.43. The third kappa shape index (κ3) is 7.93. The number of phenols is 1. The third-order valence-electron chi connectivity index (χ3n) is 8.46. The number of carbonyl (C=O) groups excluding carboxylic acids is 4. The molecule has 2 aromatic rings. The third-order valence-corrected chi connectivity index (χ3v) is 8.46. The van der Waals surface area contributed by atoms with Crippen molar-refractivity contribution in [1.29, 1.82) is 0 Å². The Balaban J connectivity index is 1.29. The molecule has 236 valence electrons. The topological polar surface area (TPSA) is 132 Å². The van der Waals surface area contributed by atoms with Crippen molar-refractivity contribution in [3.63, 3.8) is 0 Å². The van der Waals surface area contributed by atoms with Crippen molar-refractivity contribution in [1.82, 2.24) is 24.9 Å². The lowest BCUT2D eigenvalue weighted by molar-refractivity contribution is -0.151. The molecule has 5 rings (SSSR count). The van der Waals surface area contributed by atoms with Crippen molar-refractivity contribution >= 4 is 23.6 Å². The number of hydrogen-bond acceptors (Lipinski definition) is 8. The second-order valence-electron chi connectivity index (χ2n) is 11.3. The van der Waals surface area contributed by atoms with E-state index in [1.165, 1.54) is 0 Å². The second kappa shape index (κ2) is 15.1. The number of benzene rings is 2. The van der Waals surface area contributed by atoms with Gasteiger partial charge in [-0.05, 0) is 31.0 Å². The minimum absolute atomic E-state index is 0.0533. The van der Waals surface area contributed by atoms with Crippen LogP contribution >= 0.6 is 0 Å². The monoisotopic (exact) mass is 607 g/mol. The van der Waals surface area contributed by atoms with Crippen LogP contribution in [-0.4, -0.2) is 133 Å². The maximum atomic E-state index is 13.9. The van der Waals surface area contributed by atoms with Crippen LogP contribution < -0.4 is 5.32 Å². The molecule has 0 radical (unpaired) electrons. The standard InChI is InChI=1S/C32H41N5O7/c38-28-9-5-4-8-25(28)20-34-15-16-36-27(21-34)31(41)33-12-17-43-18-19-44-23-30(40)37(22-29(36)39)26-10-13-35(14-11-26)32(42)24-6-2-1-3-7-24/h1-9,26-27,38H,10-23H2,(H,33,41)/t27-/m0/s1. The summed E-state index contributed by atoms with van der Waals surface area (Å²) in [6, 6.07) is 15.2. The molecule has 3 fully saturated rings. The number of likely N-dealkylation sites (tertiary alicyclic amines) is 1. The molecule has 3 heterocycles. The van der Waals surface area contributed by atoms with E-state index < -0.39 is 6.04 Å². The van der Waals surface area contributed by atoms with Crippen LogP contribution in [0.4, 0.5) is 0 Å². The van der Waals surface area contributed by atoms with Gasteiger partial charge in [-0.3, -0.25) is 24.1 Å². The zero-order valence-electron chi connectivity index (χ0n) is 24.9. The Labute approximate surface area is 257 Å². The summed E-state index contributed by atoms with van der Waals surface area (Å²) in [6.45, 7) is 3.10. The van der Waals surface area contributed by atoms with E-state index in [9.17, 15) is 24.3 Å². The fourth-order valence-electron chi connectivity index (χ4n) is 6.02. The highest BCUT2D eigenvalue weighted by molar-refractivity contribution is 5.94. The van der Waals surface area contributed by atoms with Crippen molar-refractivity contribution in [3.05, 3.63) is 65.7 Å². The largest absolute Gasteiger partial charge is 0.508 e. The van der Waals surface area contributed by atoms with E-state index in [4.69, 9.17) is 9.47 Å². The first-order valence-electron chi connectivity index (χ1n) is 15.3. The Kier molecular flexibility index (Phi) is 10.8. The highest BCUT2D eigenvalue weighted by Gasteiger charge is 2.38. The van der Waals surface area contributed by atoms with Gasteiger partial charge in [-0.25, -0.2) is 0 Å². The van der Waals surface area contributed by atoms with Gasteiger partial charge in [0.05, 0.1) is 19.8 Å². The molecule has 3 aliphatic heterocycles. The predicted molar refractivity (Wildman–Crippen MR) is 161 cm³/mol. The maximum Gasteiger partial charge on any atom is 0.253 e. The number of phenolic OH excluding ortho intramolecular Hbond substituents is 1. The summed E-state index contributed by atoms with van der Waals surface area (Å²) < 4.78 is 11.1. The molecule has 0 aliphatic carbocycles. The molecular weight excluding hydrogens is 566 g/mol. The lowest BCUT2D eigenvalue weighted by Crippen LogP contribution is -2.62. The fourth-order valence-corrected chi connectivity index (χ4v) is 6.02. The molecule has 12 nitrogen and oxygen atoms in total.